The van der Waals surface area contributed by atoms with Gasteiger partial charge in [0.15, 0.2) is 0 Å². The number of likely N-dealkylation sites (tertiary alicyclic amines) is 1. The summed E-state index contributed by atoms with van der Waals surface area (Å²) in [6.07, 6.45) is 2.50. The highest BCUT2D eigenvalue weighted by Gasteiger charge is 2.09. The fourth-order valence-electron chi connectivity index (χ4n) is 1.55. The molecule has 0 saturated carbocycles. The number of aliphatic hydroxyl groups excluding tert-OH is 1. The van der Waals surface area contributed by atoms with Crippen LogP contribution in [0.3, 0.4) is 0 Å². The number of aliphatic hydroxyl groups is 1. The zero-order valence-corrected chi connectivity index (χ0v) is 7.92. The highest BCUT2D eigenvalue weighted by Crippen LogP contribution is 2.05. The Balaban J connectivity index is 1.88. The summed E-state index contributed by atoms with van der Waals surface area (Å²) in [4.78, 5) is 2.47. The fourth-order valence-corrected chi connectivity index (χ4v) is 1.55. The Labute approximate surface area is 74.8 Å². The van der Waals surface area contributed by atoms with Crippen LogP contribution in [-0.4, -0.2) is 48.8 Å². The lowest BCUT2D eigenvalue weighted by Crippen LogP contribution is -2.33. The Morgan fingerprint density at radius 1 is 1.42 bits per heavy atom. The van der Waals surface area contributed by atoms with Gasteiger partial charge < -0.3 is 15.3 Å². The molecule has 1 saturated heterocycles. The van der Waals surface area contributed by atoms with Crippen molar-refractivity contribution in [3.63, 3.8) is 0 Å². The second-order valence-corrected chi connectivity index (χ2v) is 3.60. The first-order valence-electron chi connectivity index (χ1n) is 4.90. The molecule has 1 aliphatic rings. The zero-order valence-electron chi connectivity index (χ0n) is 7.92. The molecule has 0 bridgehead atoms. The van der Waals surface area contributed by atoms with Crippen molar-refractivity contribution in [2.75, 3.05) is 32.7 Å². The molecule has 3 nitrogen and oxygen atoms in total. The second-order valence-electron chi connectivity index (χ2n) is 3.60. The number of hydrogen-bond donors (Lipinski definition) is 2. The van der Waals surface area contributed by atoms with Gasteiger partial charge in [0.2, 0.25) is 0 Å². The van der Waals surface area contributed by atoms with Crippen LogP contribution in [0.15, 0.2) is 0 Å². The van der Waals surface area contributed by atoms with Crippen LogP contribution in [0, 0.1) is 0 Å². The van der Waals surface area contributed by atoms with Crippen LogP contribution < -0.4 is 5.32 Å². The topological polar surface area (TPSA) is 35.5 Å². The van der Waals surface area contributed by atoms with Gasteiger partial charge in [0.05, 0.1) is 6.10 Å². The quantitative estimate of drug-likeness (QED) is 0.575. The molecule has 0 unspecified atom stereocenters. The van der Waals surface area contributed by atoms with E-state index in [0.29, 0.717) is 6.54 Å². The average molecular weight is 172 g/mol. The van der Waals surface area contributed by atoms with Crippen molar-refractivity contribution >= 4 is 0 Å². The predicted octanol–water partition coefficient (Wildman–Crippen LogP) is 0.0526. The van der Waals surface area contributed by atoms with Gasteiger partial charge in [-0.15, -0.1) is 0 Å². The van der Waals surface area contributed by atoms with E-state index in [2.05, 4.69) is 10.2 Å². The van der Waals surface area contributed by atoms with E-state index in [0.717, 1.165) is 13.1 Å². The maximum Gasteiger partial charge on any atom is 0.0636 e. The Kier molecular flexibility index (Phi) is 4.58. The monoisotopic (exact) mass is 172 g/mol. The Morgan fingerprint density at radius 3 is 2.67 bits per heavy atom. The lowest BCUT2D eigenvalue weighted by atomic mass is 10.4. The van der Waals surface area contributed by atoms with Crippen LogP contribution in [0.25, 0.3) is 0 Å². The molecule has 0 aromatic heterocycles. The number of nitrogens with zero attached hydrogens (tertiary/aromatic N) is 1. The first-order valence-corrected chi connectivity index (χ1v) is 4.90. The maximum absolute atomic E-state index is 8.97. The van der Waals surface area contributed by atoms with Crippen molar-refractivity contribution in [3.8, 4) is 0 Å². The molecule has 1 aliphatic heterocycles. The highest BCUT2D eigenvalue weighted by molar-refractivity contribution is 4.67. The lowest BCUT2D eigenvalue weighted by molar-refractivity contribution is 0.189. The van der Waals surface area contributed by atoms with Gasteiger partial charge >= 0.3 is 0 Å². The normalized spacial score (nSPS) is 21.5. The van der Waals surface area contributed by atoms with E-state index in [1.807, 2.05) is 6.92 Å². The summed E-state index contributed by atoms with van der Waals surface area (Å²) < 4.78 is 0. The van der Waals surface area contributed by atoms with E-state index >= 15 is 0 Å². The molecular weight excluding hydrogens is 152 g/mol. The number of hydrogen-bond acceptors (Lipinski definition) is 3. The summed E-state index contributed by atoms with van der Waals surface area (Å²) in [5, 5.41) is 12.2. The first-order chi connectivity index (χ1) is 5.79. The van der Waals surface area contributed by atoms with Gasteiger partial charge in [-0.3, -0.25) is 0 Å². The summed E-state index contributed by atoms with van der Waals surface area (Å²) in [5.41, 5.74) is 0. The summed E-state index contributed by atoms with van der Waals surface area (Å²) in [6.45, 7) is 7.18. The molecule has 1 fully saturated rings. The van der Waals surface area contributed by atoms with E-state index in [4.69, 9.17) is 5.11 Å². The minimum absolute atomic E-state index is 0.219. The zero-order chi connectivity index (χ0) is 8.81. The number of rotatable bonds is 5. The summed E-state index contributed by atoms with van der Waals surface area (Å²) >= 11 is 0. The molecule has 0 radical (unpaired) electrons. The van der Waals surface area contributed by atoms with E-state index in [1.54, 1.807) is 0 Å². The minimum Gasteiger partial charge on any atom is -0.392 e. The number of nitrogens with one attached hydrogen (secondary N) is 1. The predicted molar refractivity (Wildman–Crippen MR) is 50.2 cm³/mol. The smallest absolute Gasteiger partial charge is 0.0636 e. The Bertz CT molecular complexity index is 111. The van der Waals surface area contributed by atoms with Gasteiger partial charge in [0, 0.05) is 19.6 Å². The van der Waals surface area contributed by atoms with Crippen LogP contribution in [0.1, 0.15) is 19.8 Å². The summed E-state index contributed by atoms with van der Waals surface area (Å²) in [7, 11) is 0. The van der Waals surface area contributed by atoms with Crippen molar-refractivity contribution < 1.29 is 5.11 Å². The van der Waals surface area contributed by atoms with Gasteiger partial charge in [0.25, 0.3) is 0 Å². The molecule has 0 aromatic carbocycles. The Hall–Kier alpha value is -0.120. The molecule has 3 heteroatoms. The molecule has 0 aliphatic carbocycles. The van der Waals surface area contributed by atoms with E-state index in [1.165, 1.54) is 25.9 Å². The van der Waals surface area contributed by atoms with Crippen molar-refractivity contribution in [3.05, 3.63) is 0 Å². The molecule has 2 N–H and O–H groups in total. The van der Waals surface area contributed by atoms with Crippen molar-refractivity contribution in [2.45, 2.75) is 25.9 Å². The van der Waals surface area contributed by atoms with Crippen LogP contribution in [-0.2, 0) is 0 Å². The van der Waals surface area contributed by atoms with Crippen LogP contribution in [0.2, 0.25) is 0 Å². The Morgan fingerprint density at radius 2 is 2.08 bits per heavy atom. The molecule has 12 heavy (non-hydrogen) atoms. The molecule has 1 atom stereocenters. The van der Waals surface area contributed by atoms with Gasteiger partial charge in [0.1, 0.15) is 0 Å². The summed E-state index contributed by atoms with van der Waals surface area (Å²) in [5.74, 6) is 0. The SMILES string of the molecule is C[C@H](O)CNCCN1CCCC1. The average Bonchev–Trinajstić information content (AvgIpc) is 2.49. The first kappa shape index (κ1) is 9.96. The molecule has 0 amide bonds. The van der Waals surface area contributed by atoms with Crippen LogP contribution >= 0.6 is 0 Å². The third-order valence-electron chi connectivity index (χ3n) is 2.24. The largest absolute Gasteiger partial charge is 0.392 e. The van der Waals surface area contributed by atoms with E-state index in [-0.39, 0.29) is 6.10 Å². The molecule has 1 heterocycles. The van der Waals surface area contributed by atoms with Crippen molar-refractivity contribution in [1.82, 2.24) is 10.2 Å². The van der Waals surface area contributed by atoms with Crippen molar-refractivity contribution in [1.29, 1.82) is 0 Å². The fraction of sp³-hybridized carbons (Fsp3) is 1.00. The van der Waals surface area contributed by atoms with Crippen molar-refractivity contribution in [2.24, 2.45) is 0 Å². The molecule has 72 valence electrons. The second kappa shape index (κ2) is 5.51. The van der Waals surface area contributed by atoms with Gasteiger partial charge in [-0.25, -0.2) is 0 Å². The van der Waals surface area contributed by atoms with E-state index < -0.39 is 0 Å². The van der Waals surface area contributed by atoms with Gasteiger partial charge in [-0.1, -0.05) is 0 Å². The van der Waals surface area contributed by atoms with E-state index in [9.17, 15) is 0 Å². The highest BCUT2D eigenvalue weighted by atomic mass is 16.3. The maximum atomic E-state index is 8.97. The summed E-state index contributed by atoms with van der Waals surface area (Å²) in [6, 6.07) is 0. The standard InChI is InChI=1S/C9H20N2O/c1-9(12)8-10-4-7-11-5-2-3-6-11/h9-10,12H,2-8H2,1H3/t9-/m0/s1. The molecule has 0 spiro atoms. The van der Waals surface area contributed by atoms with Gasteiger partial charge in [-0.05, 0) is 32.9 Å². The molecule has 0 aromatic rings. The third-order valence-corrected chi connectivity index (χ3v) is 2.24. The van der Waals surface area contributed by atoms with Crippen LogP contribution in [0.4, 0.5) is 0 Å². The van der Waals surface area contributed by atoms with Gasteiger partial charge in [-0.2, -0.15) is 0 Å². The van der Waals surface area contributed by atoms with Crippen LogP contribution in [0.5, 0.6) is 0 Å². The molecular formula is C9H20N2O. The molecule has 1 rings (SSSR count). The third kappa shape index (κ3) is 4.04. The lowest BCUT2D eigenvalue weighted by Gasteiger charge is -2.15. The minimum atomic E-state index is -0.219.